The summed E-state index contributed by atoms with van der Waals surface area (Å²) in [5.41, 5.74) is 0.721. The lowest BCUT2D eigenvalue weighted by Gasteiger charge is -2.39. The van der Waals surface area contributed by atoms with Crippen molar-refractivity contribution in [2.45, 2.75) is 53.6 Å². The average molecular weight is 641 g/mol. The van der Waals surface area contributed by atoms with Gasteiger partial charge in [0.2, 0.25) is 11.8 Å². The molecule has 7 nitrogen and oxygen atoms in total. The molecule has 0 aromatic heterocycles. The van der Waals surface area contributed by atoms with Crippen molar-refractivity contribution in [1.82, 2.24) is 9.80 Å². The van der Waals surface area contributed by atoms with Gasteiger partial charge in [0.25, 0.3) is 5.91 Å². The Morgan fingerprint density at radius 2 is 1.88 bits per heavy atom. The van der Waals surface area contributed by atoms with Gasteiger partial charge >= 0.3 is 0 Å². The van der Waals surface area contributed by atoms with Crippen LogP contribution in [0.1, 0.15) is 26.7 Å². The van der Waals surface area contributed by atoms with Crippen LogP contribution in [0, 0.1) is 11.8 Å². The number of rotatable bonds is 11. The van der Waals surface area contributed by atoms with E-state index in [0.717, 1.165) is 22.9 Å². The highest BCUT2D eigenvalue weighted by molar-refractivity contribution is 9.09. The predicted octanol–water partition coefficient (Wildman–Crippen LogP) is 4.63. The van der Waals surface area contributed by atoms with Crippen LogP contribution in [-0.2, 0) is 14.4 Å². The number of anilines is 1. The standard InChI is InChI=1S/C32H38BrN3O4S/c1-5-14-34(15-6-2)29(38)25-26-30(39)36(20(4)19-37)28(32(26)18-24(33)27(25)41-32)31(40)35(16-7-3)23-13-12-21-10-8-9-11-22(21)17-23/h5,7-13,17,20,24-28,37H,1,3,6,14-16,18-19H2,2,4H3/t20-,24?,25+,26+,27+,28?,32?/m1/s1. The minimum Gasteiger partial charge on any atom is -0.394 e. The lowest BCUT2D eigenvalue weighted by molar-refractivity contribution is -0.145. The molecule has 3 heterocycles. The lowest BCUT2D eigenvalue weighted by atomic mass is 9.70. The first-order valence-electron chi connectivity index (χ1n) is 14.3. The van der Waals surface area contributed by atoms with Crippen LogP contribution in [0.2, 0.25) is 0 Å². The lowest BCUT2D eigenvalue weighted by Crippen LogP contribution is -2.57. The molecule has 218 valence electrons. The molecule has 3 aliphatic heterocycles. The summed E-state index contributed by atoms with van der Waals surface area (Å²) in [5, 5.41) is 12.2. The largest absolute Gasteiger partial charge is 0.394 e. The Hall–Kier alpha value is -2.62. The Balaban J connectivity index is 1.60. The molecular weight excluding hydrogens is 602 g/mol. The van der Waals surface area contributed by atoms with Crippen LogP contribution in [0.15, 0.2) is 67.8 Å². The van der Waals surface area contributed by atoms with E-state index in [1.807, 2.05) is 49.4 Å². The number of amides is 3. The first kappa shape index (κ1) is 29.9. The summed E-state index contributed by atoms with van der Waals surface area (Å²) in [7, 11) is 0. The smallest absolute Gasteiger partial charge is 0.251 e. The molecule has 3 unspecified atom stereocenters. The van der Waals surface area contributed by atoms with Crippen molar-refractivity contribution in [3.05, 3.63) is 67.8 Å². The van der Waals surface area contributed by atoms with E-state index in [0.29, 0.717) is 19.5 Å². The molecule has 1 spiro atoms. The van der Waals surface area contributed by atoms with Gasteiger partial charge in [0, 0.05) is 35.4 Å². The van der Waals surface area contributed by atoms with Crippen LogP contribution in [0.5, 0.6) is 0 Å². The van der Waals surface area contributed by atoms with Gasteiger partial charge in [-0.2, -0.15) is 0 Å². The number of aliphatic hydroxyl groups excluding tert-OH is 1. The molecule has 3 fully saturated rings. The second-order valence-corrected chi connectivity index (χ2v) is 14.0. The van der Waals surface area contributed by atoms with E-state index in [1.54, 1.807) is 45.5 Å². The normalized spacial score (nSPS) is 28.9. The zero-order valence-corrected chi connectivity index (χ0v) is 26.0. The fraction of sp³-hybridized carbons (Fsp3) is 0.469. The van der Waals surface area contributed by atoms with E-state index in [9.17, 15) is 19.5 Å². The summed E-state index contributed by atoms with van der Waals surface area (Å²) in [5.74, 6) is -1.70. The molecule has 3 amide bonds. The SMILES string of the molecule is C=CCN(CCC)C(=O)[C@H]1[C@H]2C(=O)N([C@H](C)CO)C(C(=O)N(CC=C)c3ccc4ccccc4c3)C23CC(Br)[C@@H]1S3. The highest BCUT2D eigenvalue weighted by Gasteiger charge is 2.76. The van der Waals surface area contributed by atoms with E-state index in [1.165, 1.54) is 0 Å². The number of alkyl halides is 1. The van der Waals surface area contributed by atoms with Gasteiger partial charge in [0.1, 0.15) is 6.04 Å². The molecular formula is C32H38BrN3O4S. The monoisotopic (exact) mass is 639 g/mol. The first-order valence-corrected chi connectivity index (χ1v) is 16.1. The minimum absolute atomic E-state index is 0.0223. The number of fused-ring (bicyclic) bond motifs is 2. The van der Waals surface area contributed by atoms with E-state index in [2.05, 4.69) is 29.1 Å². The number of nitrogens with zero attached hydrogens (tertiary/aromatic N) is 3. The number of benzene rings is 2. The molecule has 3 saturated heterocycles. The summed E-state index contributed by atoms with van der Waals surface area (Å²) in [6.07, 6.45) is 4.79. The maximum absolute atomic E-state index is 14.8. The van der Waals surface area contributed by atoms with Gasteiger partial charge < -0.3 is 19.8 Å². The van der Waals surface area contributed by atoms with Gasteiger partial charge in [-0.1, -0.05) is 65.3 Å². The molecule has 2 aromatic carbocycles. The number of carbonyl (C=O) groups excluding carboxylic acids is 3. The molecule has 2 aromatic rings. The molecule has 0 aliphatic carbocycles. The number of thioether (sulfide) groups is 1. The van der Waals surface area contributed by atoms with E-state index >= 15 is 0 Å². The second-order valence-electron chi connectivity index (χ2n) is 11.3. The van der Waals surface area contributed by atoms with Crippen LogP contribution < -0.4 is 4.90 Å². The molecule has 5 rings (SSSR count). The Morgan fingerprint density at radius 1 is 1.17 bits per heavy atom. The van der Waals surface area contributed by atoms with E-state index in [-0.39, 0.29) is 41.0 Å². The molecule has 9 heteroatoms. The van der Waals surface area contributed by atoms with Gasteiger partial charge in [-0.25, -0.2) is 0 Å². The van der Waals surface area contributed by atoms with Crippen molar-refractivity contribution in [1.29, 1.82) is 0 Å². The quantitative estimate of drug-likeness (QED) is 0.286. The van der Waals surface area contributed by atoms with Crippen molar-refractivity contribution in [2.75, 3.05) is 31.1 Å². The van der Waals surface area contributed by atoms with Crippen LogP contribution in [-0.4, -0.2) is 85.8 Å². The number of halogens is 1. The molecule has 0 saturated carbocycles. The summed E-state index contributed by atoms with van der Waals surface area (Å²) in [4.78, 5) is 48.2. The average Bonchev–Trinajstić information content (AvgIpc) is 3.57. The Kier molecular flexibility index (Phi) is 8.69. The number of hydrogen-bond acceptors (Lipinski definition) is 5. The van der Waals surface area contributed by atoms with Gasteiger partial charge in [-0.05, 0) is 42.7 Å². The Morgan fingerprint density at radius 3 is 2.54 bits per heavy atom. The topological polar surface area (TPSA) is 81.2 Å². The van der Waals surface area contributed by atoms with Crippen LogP contribution >= 0.6 is 27.7 Å². The van der Waals surface area contributed by atoms with Gasteiger partial charge in [0.05, 0.1) is 29.2 Å². The fourth-order valence-electron chi connectivity index (χ4n) is 7.06. The van der Waals surface area contributed by atoms with E-state index < -0.39 is 28.7 Å². The summed E-state index contributed by atoms with van der Waals surface area (Å²) in [6, 6.07) is 12.5. The van der Waals surface area contributed by atoms with Crippen molar-refractivity contribution in [2.24, 2.45) is 11.8 Å². The molecule has 2 bridgehead atoms. The zero-order valence-electron chi connectivity index (χ0n) is 23.6. The number of aliphatic hydroxyl groups is 1. The third kappa shape index (κ3) is 4.83. The highest BCUT2D eigenvalue weighted by Crippen LogP contribution is 2.68. The molecule has 1 N–H and O–H groups in total. The van der Waals surface area contributed by atoms with Crippen molar-refractivity contribution in [3.8, 4) is 0 Å². The van der Waals surface area contributed by atoms with E-state index in [4.69, 9.17) is 0 Å². The summed E-state index contributed by atoms with van der Waals surface area (Å²) < 4.78 is -0.793. The van der Waals surface area contributed by atoms with Gasteiger partial charge in [-0.15, -0.1) is 24.9 Å². The van der Waals surface area contributed by atoms with Gasteiger partial charge in [0.15, 0.2) is 0 Å². The third-order valence-electron chi connectivity index (χ3n) is 8.76. The number of carbonyl (C=O) groups is 3. The van der Waals surface area contributed by atoms with Crippen LogP contribution in [0.25, 0.3) is 10.8 Å². The summed E-state index contributed by atoms with van der Waals surface area (Å²) >= 11 is 5.46. The maximum atomic E-state index is 14.8. The zero-order chi connectivity index (χ0) is 29.5. The second kappa shape index (κ2) is 11.9. The molecule has 3 aliphatic rings. The molecule has 0 radical (unpaired) electrons. The Bertz CT molecular complexity index is 1370. The van der Waals surface area contributed by atoms with Crippen molar-refractivity contribution >= 4 is 61.9 Å². The summed E-state index contributed by atoms with van der Waals surface area (Å²) in [6.45, 7) is 12.5. The fourth-order valence-corrected chi connectivity index (χ4v) is 10.6. The van der Waals surface area contributed by atoms with Crippen molar-refractivity contribution in [3.63, 3.8) is 0 Å². The first-order chi connectivity index (χ1) is 19.7. The van der Waals surface area contributed by atoms with Crippen LogP contribution in [0.3, 0.4) is 0 Å². The molecule has 41 heavy (non-hydrogen) atoms. The third-order valence-corrected chi connectivity index (χ3v) is 12.0. The number of hydrogen-bond donors (Lipinski definition) is 1. The minimum atomic E-state index is -0.833. The number of likely N-dealkylation sites (tertiary alicyclic amines) is 1. The Labute approximate surface area is 254 Å². The van der Waals surface area contributed by atoms with Crippen LogP contribution in [0.4, 0.5) is 5.69 Å². The predicted molar refractivity (Wildman–Crippen MR) is 169 cm³/mol. The molecule has 7 atom stereocenters. The maximum Gasteiger partial charge on any atom is 0.251 e. The highest BCUT2D eigenvalue weighted by atomic mass is 79.9. The van der Waals surface area contributed by atoms with Crippen molar-refractivity contribution < 1.29 is 19.5 Å². The van der Waals surface area contributed by atoms with Gasteiger partial charge in [-0.3, -0.25) is 14.4 Å².